The van der Waals surface area contributed by atoms with E-state index in [0.29, 0.717) is 17.9 Å². The molecule has 1 saturated carbocycles. The predicted molar refractivity (Wildman–Crippen MR) is 137 cm³/mol. The summed E-state index contributed by atoms with van der Waals surface area (Å²) in [4.78, 5) is 16.0. The molecule has 0 heterocycles. The fourth-order valence-corrected chi connectivity index (χ4v) is 5.90. The average Bonchev–Trinajstić information content (AvgIpc) is 2.87. The number of rotatable bonds is 10. The lowest BCUT2D eigenvalue weighted by atomic mass is 9.49. The highest BCUT2D eigenvalue weighted by Gasteiger charge is 2.51. The number of nitrogens with zero attached hydrogens (tertiary/aromatic N) is 1. The van der Waals surface area contributed by atoms with Gasteiger partial charge in [-0.25, -0.2) is 0 Å². The number of hydrogen-bond donors (Lipinski definition) is 0. The molecule has 3 unspecified atom stereocenters. The molecule has 0 N–H and O–H groups in total. The van der Waals surface area contributed by atoms with E-state index in [2.05, 4.69) is 49.9 Å². The second-order valence-corrected chi connectivity index (χ2v) is 10.4. The first-order valence-corrected chi connectivity index (χ1v) is 12.6. The van der Waals surface area contributed by atoms with Crippen LogP contribution in [0.25, 0.3) is 0 Å². The van der Waals surface area contributed by atoms with Gasteiger partial charge in [-0.15, -0.1) is 0 Å². The topological polar surface area (TPSA) is 38.8 Å². The number of carbonyl (C=O) groups excluding carboxylic acids is 1. The van der Waals surface area contributed by atoms with Crippen LogP contribution >= 0.6 is 0 Å². The number of allylic oxidation sites excluding steroid dienone is 1. The van der Waals surface area contributed by atoms with Gasteiger partial charge in [0, 0.05) is 13.1 Å². The molecule has 5 rings (SSSR count). The van der Waals surface area contributed by atoms with E-state index in [1.807, 2.05) is 30.3 Å². The lowest BCUT2D eigenvalue weighted by Crippen LogP contribution is -2.50. The largest absolute Gasteiger partial charge is 0.493 e. The van der Waals surface area contributed by atoms with Crippen molar-refractivity contribution in [3.63, 3.8) is 0 Å². The van der Waals surface area contributed by atoms with Gasteiger partial charge < -0.3 is 14.4 Å². The number of fused-ring (bicyclic) bond motifs is 1. The second-order valence-electron chi connectivity index (χ2n) is 10.4. The van der Waals surface area contributed by atoms with Gasteiger partial charge in [-0.05, 0) is 66.2 Å². The molecule has 0 radical (unpaired) electrons. The zero-order valence-corrected chi connectivity index (χ0v) is 21.3. The Morgan fingerprint density at radius 1 is 1.09 bits per heavy atom. The molecule has 0 spiro atoms. The van der Waals surface area contributed by atoms with Crippen molar-refractivity contribution in [2.75, 3.05) is 27.3 Å². The molecule has 3 atom stereocenters. The van der Waals surface area contributed by atoms with Gasteiger partial charge in [0.15, 0.2) is 11.5 Å². The second kappa shape index (κ2) is 10.2. The normalized spacial score (nSPS) is 21.1. The van der Waals surface area contributed by atoms with Crippen molar-refractivity contribution in [2.24, 2.45) is 17.3 Å². The lowest BCUT2D eigenvalue weighted by molar-refractivity contribution is -0.133. The van der Waals surface area contributed by atoms with Gasteiger partial charge in [-0.2, -0.15) is 0 Å². The molecule has 182 valence electrons. The third-order valence-electron chi connectivity index (χ3n) is 8.29. The van der Waals surface area contributed by atoms with Gasteiger partial charge in [-0.1, -0.05) is 68.8 Å². The van der Waals surface area contributed by atoms with Gasteiger partial charge in [-0.3, -0.25) is 4.79 Å². The van der Waals surface area contributed by atoms with Crippen molar-refractivity contribution in [3.8, 4) is 11.5 Å². The molecule has 0 aromatic heterocycles. The Morgan fingerprint density at radius 3 is 2.44 bits per heavy atom. The molecule has 2 aromatic carbocycles. The molecule has 0 aliphatic heterocycles. The van der Waals surface area contributed by atoms with E-state index in [0.717, 1.165) is 54.4 Å². The van der Waals surface area contributed by atoms with E-state index in [1.165, 1.54) is 12.0 Å². The van der Waals surface area contributed by atoms with Crippen LogP contribution in [0.2, 0.25) is 0 Å². The van der Waals surface area contributed by atoms with Crippen LogP contribution in [0, 0.1) is 17.3 Å². The Kier molecular flexibility index (Phi) is 7.35. The van der Waals surface area contributed by atoms with Crippen molar-refractivity contribution in [1.82, 2.24) is 4.90 Å². The standard InChI is InChI=1S/C30H39NO3/c1-6-25(22-10-8-7-9-11-22)29(32)31(20-23-13-14-24-19-26(23)30(24,2)3)17-16-21-12-15-27(33-4)28(18-21)34-5/h7-13,15,18,24-26H,6,14,16-17,19-20H2,1-5H3. The maximum absolute atomic E-state index is 13.9. The molecule has 3 aliphatic carbocycles. The third-order valence-corrected chi connectivity index (χ3v) is 8.29. The van der Waals surface area contributed by atoms with Crippen molar-refractivity contribution in [3.05, 3.63) is 71.3 Å². The highest BCUT2D eigenvalue weighted by atomic mass is 16.5. The molecule has 4 heteroatoms. The summed E-state index contributed by atoms with van der Waals surface area (Å²) < 4.78 is 10.9. The van der Waals surface area contributed by atoms with Crippen LogP contribution < -0.4 is 9.47 Å². The number of hydrogen-bond acceptors (Lipinski definition) is 3. The van der Waals surface area contributed by atoms with Gasteiger partial charge in [0.05, 0.1) is 20.1 Å². The highest BCUT2D eigenvalue weighted by Crippen LogP contribution is 2.59. The Bertz CT molecular complexity index is 1030. The maximum atomic E-state index is 13.9. The van der Waals surface area contributed by atoms with Crippen LogP contribution in [-0.4, -0.2) is 38.1 Å². The van der Waals surface area contributed by atoms with Crippen molar-refractivity contribution in [2.45, 2.75) is 52.4 Å². The quantitative estimate of drug-likeness (QED) is 0.392. The van der Waals surface area contributed by atoms with Crippen molar-refractivity contribution >= 4 is 5.91 Å². The molecule has 2 aromatic rings. The monoisotopic (exact) mass is 461 g/mol. The molecule has 1 amide bonds. The van der Waals surface area contributed by atoms with Crippen LogP contribution in [0.5, 0.6) is 11.5 Å². The van der Waals surface area contributed by atoms with E-state index in [1.54, 1.807) is 14.2 Å². The summed E-state index contributed by atoms with van der Waals surface area (Å²) in [5.74, 6) is 2.96. The average molecular weight is 462 g/mol. The molecule has 1 fully saturated rings. The molecule has 34 heavy (non-hydrogen) atoms. The van der Waals surface area contributed by atoms with Crippen LogP contribution in [-0.2, 0) is 11.2 Å². The predicted octanol–water partition coefficient (Wildman–Crippen LogP) is 6.26. The van der Waals surface area contributed by atoms with Gasteiger partial charge >= 0.3 is 0 Å². The van der Waals surface area contributed by atoms with E-state index in [4.69, 9.17) is 9.47 Å². The van der Waals surface area contributed by atoms with Crippen LogP contribution in [0.4, 0.5) is 0 Å². The summed E-state index contributed by atoms with van der Waals surface area (Å²) in [7, 11) is 3.31. The molecule has 3 aliphatic rings. The number of amides is 1. The maximum Gasteiger partial charge on any atom is 0.230 e. The van der Waals surface area contributed by atoms with Crippen molar-refractivity contribution in [1.29, 1.82) is 0 Å². The van der Waals surface area contributed by atoms with Crippen LogP contribution in [0.15, 0.2) is 60.2 Å². The number of carbonyl (C=O) groups is 1. The zero-order valence-electron chi connectivity index (χ0n) is 21.3. The summed E-state index contributed by atoms with van der Waals surface area (Å²) in [5, 5.41) is 0. The first kappa shape index (κ1) is 24.4. The van der Waals surface area contributed by atoms with E-state index in [-0.39, 0.29) is 11.8 Å². The zero-order chi connectivity index (χ0) is 24.3. The molecular weight excluding hydrogens is 422 g/mol. The SMILES string of the molecule is CCC(C(=O)N(CCc1ccc(OC)c(OC)c1)CC1=CCC2CC1C2(C)C)c1ccccc1. The fourth-order valence-electron chi connectivity index (χ4n) is 5.90. The fraction of sp³-hybridized carbons (Fsp3) is 0.500. The molecule has 2 bridgehead atoms. The minimum absolute atomic E-state index is 0.113. The smallest absolute Gasteiger partial charge is 0.230 e. The Balaban J connectivity index is 1.56. The Labute approximate surface area is 205 Å². The molecule has 4 nitrogen and oxygen atoms in total. The Morgan fingerprint density at radius 2 is 1.82 bits per heavy atom. The number of ether oxygens (including phenoxy) is 2. The van der Waals surface area contributed by atoms with Gasteiger partial charge in [0.1, 0.15) is 0 Å². The van der Waals surface area contributed by atoms with Crippen molar-refractivity contribution < 1.29 is 14.3 Å². The van der Waals surface area contributed by atoms with E-state index >= 15 is 0 Å². The summed E-state index contributed by atoms with van der Waals surface area (Å²) in [5.41, 5.74) is 4.06. The minimum Gasteiger partial charge on any atom is -0.493 e. The van der Waals surface area contributed by atoms with Gasteiger partial charge in [0.25, 0.3) is 0 Å². The van der Waals surface area contributed by atoms with Gasteiger partial charge in [0.2, 0.25) is 5.91 Å². The first-order valence-electron chi connectivity index (χ1n) is 12.6. The highest BCUT2D eigenvalue weighted by molar-refractivity contribution is 5.84. The number of benzene rings is 2. The Hall–Kier alpha value is -2.75. The first-order chi connectivity index (χ1) is 16.4. The summed E-state index contributed by atoms with van der Waals surface area (Å²) in [6.45, 7) is 8.32. The third kappa shape index (κ3) is 4.73. The lowest BCUT2D eigenvalue weighted by Gasteiger charge is -2.57. The number of methoxy groups -OCH3 is 2. The summed E-state index contributed by atoms with van der Waals surface area (Å²) in [6, 6.07) is 16.3. The summed E-state index contributed by atoms with van der Waals surface area (Å²) in [6.07, 6.45) is 6.41. The molecule has 0 saturated heterocycles. The summed E-state index contributed by atoms with van der Waals surface area (Å²) >= 11 is 0. The van der Waals surface area contributed by atoms with E-state index in [9.17, 15) is 4.79 Å². The van der Waals surface area contributed by atoms with Crippen LogP contribution in [0.1, 0.15) is 57.1 Å². The van der Waals surface area contributed by atoms with Crippen LogP contribution in [0.3, 0.4) is 0 Å². The molecular formula is C30H39NO3. The minimum atomic E-state index is -0.113. The van der Waals surface area contributed by atoms with E-state index < -0.39 is 0 Å².